The molecule has 0 bridgehead atoms. The Morgan fingerprint density at radius 2 is 1.84 bits per heavy atom. The van der Waals surface area contributed by atoms with Gasteiger partial charge in [-0.2, -0.15) is 0 Å². The second-order valence-corrected chi connectivity index (χ2v) is 5.05. The minimum Gasteiger partial charge on any atom is -0.457 e. The van der Waals surface area contributed by atoms with E-state index in [4.69, 9.17) is 16.3 Å². The van der Waals surface area contributed by atoms with Crippen LogP contribution in [0.1, 0.15) is 16.7 Å². The topological polar surface area (TPSA) is 21.3 Å². The number of hydrogen-bond acceptors (Lipinski definition) is 2. The molecule has 2 aromatic rings. The number of hydrogen-bond donors (Lipinski definition) is 1. The molecule has 0 aromatic heterocycles. The minimum absolute atomic E-state index is 0.757. The third kappa shape index (κ3) is 3.49. The van der Waals surface area contributed by atoms with Crippen LogP contribution in [0.4, 0.5) is 0 Å². The van der Waals surface area contributed by atoms with E-state index in [2.05, 4.69) is 23.5 Å². The zero-order valence-electron chi connectivity index (χ0n) is 11.5. The third-order valence-corrected chi connectivity index (χ3v) is 3.41. The molecule has 2 aromatic carbocycles. The van der Waals surface area contributed by atoms with Gasteiger partial charge in [-0.1, -0.05) is 23.7 Å². The van der Waals surface area contributed by atoms with E-state index in [0.717, 1.165) is 34.2 Å². The van der Waals surface area contributed by atoms with Gasteiger partial charge < -0.3 is 10.1 Å². The first-order valence-electron chi connectivity index (χ1n) is 6.28. The molecule has 0 heterocycles. The second-order valence-electron chi connectivity index (χ2n) is 4.64. The molecule has 0 atom stereocenters. The molecule has 0 radical (unpaired) electrons. The summed E-state index contributed by atoms with van der Waals surface area (Å²) in [6.45, 7) is 4.84. The summed E-state index contributed by atoms with van der Waals surface area (Å²) in [5.74, 6) is 1.70. The van der Waals surface area contributed by atoms with Crippen LogP contribution in [0.15, 0.2) is 36.4 Å². The predicted octanol–water partition coefficient (Wildman–Crippen LogP) is 4.47. The van der Waals surface area contributed by atoms with Crippen LogP contribution in [0.2, 0.25) is 5.02 Å². The van der Waals surface area contributed by atoms with Crippen molar-refractivity contribution in [2.75, 3.05) is 7.05 Å². The van der Waals surface area contributed by atoms with Gasteiger partial charge in [-0.3, -0.25) is 0 Å². The zero-order valence-corrected chi connectivity index (χ0v) is 12.2. The first kappa shape index (κ1) is 13.9. The second kappa shape index (κ2) is 6.09. The summed E-state index contributed by atoms with van der Waals surface area (Å²) in [7, 11) is 1.93. The van der Waals surface area contributed by atoms with Crippen LogP contribution in [0.25, 0.3) is 0 Å². The molecule has 0 aliphatic rings. The van der Waals surface area contributed by atoms with E-state index >= 15 is 0 Å². The van der Waals surface area contributed by atoms with Crippen molar-refractivity contribution in [2.24, 2.45) is 0 Å². The third-order valence-electron chi connectivity index (χ3n) is 2.99. The van der Waals surface area contributed by atoms with E-state index in [1.807, 2.05) is 39.1 Å². The number of rotatable bonds is 4. The van der Waals surface area contributed by atoms with Crippen molar-refractivity contribution in [1.82, 2.24) is 5.32 Å². The van der Waals surface area contributed by atoms with Crippen molar-refractivity contribution in [3.8, 4) is 11.5 Å². The van der Waals surface area contributed by atoms with E-state index in [1.165, 1.54) is 5.56 Å². The van der Waals surface area contributed by atoms with Gasteiger partial charge in [0.25, 0.3) is 0 Å². The van der Waals surface area contributed by atoms with Gasteiger partial charge in [-0.15, -0.1) is 0 Å². The van der Waals surface area contributed by atoms with Crippen molar-refractivity contribution >= 4 is 11.6 Å². The highest BCUT2D eigenvalue weighted by Crippen LogP contribution is 2.28. The van der Waals surface area contributed by atoms with Gasteiger partial charge in [-0.05, 0) is 61.9 Å². The summed E-state index contributed by atoms with van der Waals surface area (Å²) in [4.78, 5) is 0. The highest BCUT2D eigenvalue weighted by atomic mass is 35.5. The lowest BCUT2D eigenvalue weighted by Crippen LogP contribution is -2.05. The van der Waals surface area contributed by atoms with Crippen LogP contribution in [0, 0.1) is 13.8 Å². The van der Waals surface area contributed by atoms with Gasteiger partial charge in [0.2, 0.25) is 0 Å². The van der Waals surface area contributed by atoms with Gasteiger partial charge >= 0.3 is 0 Å². The molecule has 19 heavy (non-hydrogen) atoms. The Balaban J connectivity index is 2.26. The van der Waals surface area contributed by atoms with Crippen LogP contribution in [-0.4, -0.2) is 7.05 Å². The van der Waals surface area contributed by atoms with E-state index in [1.54, 1.807) is 0 Å². The Kier molecular flexibility index (Phi) is 4.46. The van der Waals surface area contributed by atoms with Crippen LogP contribution in [-0.2, 0) is 6.54 Å². The number of halogens is 1. The van der Waals surface area contributed by atoms with Gasteiger partial charge in [0, 0.05) is 11.6 Å². The molecule has 100 valence electrons. The number of ether oxygens (including phenoxy) is 1. The highest BCUT2D eigenvalue weighted by Gasteiger charge is 2.04. The van der Waals surface area contributed by atoms with Crippen LogP contribution in [0.5, 0.6) is 11.5 Å². The molecule has 0 saturated carbocycles. The molecular weight excluding hydrogens is 258 g/mol. The van der Waals surface area contributed by atoms with E-state index < -0.39 is 0 Å². The van der Waals surface area contributed by atoms with E-state index in [0.29, 0.717) is 0 Å². The largest absolute Gasteiger partial charge is 0.457 e. The molecule has 0 saturated heterocycles. The van der Waals surface area contributed by atoms with Crippen LogP contribution in [0.3, 0.4) is 0 Å². The number of benzene rings is 2. The fraction of sp³-hybridized carbons (Fsp3) is 0.250. The maximum absolute atomic E-state index is 6.02. The summed E-state index contributed by atoms with van der Waals surface area (Å²) < 4.78 is 5.95. The lowest BCUT2D eigenvalue weighted by molar-refractivity contribution is 0.477. The fourth-order valence-electron chi connectivity index (χ4n) is 1.88. The number of aryl methyl sites for hydroxylation is 2. The summed E-state index contributed by atoms with van der Waals surface area (Å²) in [5.41, 5.74) is 3.34. The summed E-state index contributed by atoms with van der Waals surface area (Å²) >= 11 is 6.02. The van der Waals surface area contributed by atoms with Gasteiger partial charge in [0.05, 0.1) is 0 Å². The molecule has 0 fully saturated rings. The molecule has 2 rings (SSSR count). The normalized spacial score (nSPS) is 10.5. The molecular formula is C16H18ClNO. The molecule has 0 unspecified atom stereocenters. The van der Waals surface area contributed by atoms with E-state index in [9.17, 15) is 0 Å². The molecule has 0 aliphatic carbocycles. The maximum atomic E-state index is 6.02. The summed E-state index contributed by atoms with van der Waals surface area (Å²) in [5, 5.41) is 3.90. The van der Waals surface area contributed by atoms with Gasteiger partial charge in [-0.25, -0.2) is 0 Å². The summed E-state index contributed by atoms with van der Waals surface area (Å²) in [6.07, 6.45) is 0. The predicted molar refractivity (Wildman–Crippen MR) is 80.2 cm³/mol. The van der Waals surface area contributed by atoms with E-state index in [-0.39, 0.29) is 0 Å². The average Bonchev–Trinajstić information content (AvgIpc) is 2.38. The molecule has 0 amide bonds. The van der Waals surface area contributed by atoms with Gasteiger partial charge in [0.15, 0.2) is 0 Å². The van der Waals surface area contributed by atoms with Crippen LogP contribution >= 0.6 is 11.6 Å². The maximum Gasteiger partial charge on any atom is 0.130 e. The highest BCUT2D eigenvalue weighted by molar-refractivity contribution is 6.31. The SMILES string of the molecule is CNCc1ccc(C)c(Oc2ccc(Cl)c(C)c2)c1. The van der Waals surface area contributed by atoms with Crippen molar-refractivity contribution < 1.29 is 4.74 Å². The Labute approximate surface area is 119 Å². The first-order valence-corrected chi connectivity index (χ1v) is 6.66. The quantitative estimate of drug-likeness (QED) is 0.889. The first-order chi connectivity index (χ1) is 9.10. The Morgan fingerprint density at radius 1 is 1.05 bits per heavy atom. The average molecular weight is 276 g/mol. The minimum atomic E-state index is 0.757. The Morgan fingerprint density at radius 3 is 2.53 bits per heavy atom. The smallest absolute Gasteiger partial charge is 0.130 e. The van der Waals surface area contributed by atoms with Crippen molar-refractivity contribution in [3.63, 3.8) is 0 Å². The molecule has 0 aliphatic heterocycles. The monoisotopic (exact) mass is 275 g/mol. The Bertz CT molecular complexity index is 581. The molecule has 2 nitrogen and oxygen atoms in total. The van der Waals surface area contributed by atoms with Crippen molar-refractivity contribution in [1.29, 1.82) is 0 Å². The number of nitrogens with one attached hydrogen (secondary N) is 1. The van der Waals surface area contributed by atoms with Gasteiger partial charge in [0.1, 0.15) is 11.5 Å². The fourth-order valence-corrected chi connectivity index (χ4v) is 1.99. The van der Waals surface area contributed by atoms with Crippen LogP contribution < -0.4 is 10.1 Å². The lowest BCUT2D eigenvalue weighted by Gasteiger charge is -2.11. The molecule has 1 N–H and O–H groups in total. The standard InChI is InChI=1S/C16H18ClNO/c1-11-4-5-13(10-18-3)9-16(11)19-14-6-7-15(17)12(2)8-14/h4-9,18H,10H2,1-3H3. The molecule has 0 spiro atoms. The Hall–Kier alpha value is -1.51. The van der Waals surface area contributed by atoms with Crippen molar-refractivity contribution in [3.05, 3.63) is 58.1 Å². The zero-order chi connectivity index (χ0) is 13.8. The lowest BCUT2D eigenvalue weighted by atomic mass is 10.1. The molecule has 3 heteroatoms. The van der Waals surface area contributed by atoms with Crippen molar-refractivity contribution in [2.45, 2.75) is 20.4 Å². The summed E-state index contributed by atoms with van der Waals surface area (Å²) in [6, 6.07) is 11.9.